The van der Waals surface area contributed by atoms with Gasteiger partial charge in [-0.2, -0.15) is 0 Å². The highest BCUT2D eigenvalue weighted by Gasteiger charge is 2.52. The fraction of sp³-hybridized carbons (Fsp3) is 0.312. The Balaban J connectivity index is 1.98. The molecule has 1 aromatic carbocycles. The lowest BCUT2D eigenvalue weighted by Gasteiger charge is -2.23. The average Bonchev–Trinajstić information content (AvgIpc) is 3.29. The Kier molecular flexibility index (Phi) is 2.99. The van der Waals surface area contributed by atoms with Gasteiger partial charge in [0.25, 0.3) is 0 Å². The lowest BCUT2D eigenvalue weighted by atomic mass is 9.88. The van der Waals surface area contributed by atoms with Crippen LogP contribution in [-0.2, 0) is 5.41 Å². The third kappa shape index (κ3) is 2.00. The minimum Gasteiger partial charge on any atom is -0.495 e. The van der Waals surface area contributed by atoms with Crippen LogP contribution in [0.3, 0.4) is 0 Å². The molecule has 0 amide bonds. The van der Waals surface area contributed by atoms with Crippen LogP contribution in [-0.4, -0.2) is 17.2 Å². The highest BCUT2D eigenvalue weighted by Crippen LogP contribution is 2.57. The van der Waals surface area contributed by atoms with Crippen molar-refractivity contribution in [2.24, 2.45) is 0 Å². The lowest BCUT2D eigenvalue weighted by Crippen LogP contribution is -2.20. The van der Waals surface area contributed by atoms with E-state index in [1.165, 1.54) is 5.56 Å². The van der Waals surface area contributed by atoms with Crippen molar-refractivity contribution in [2.45, 2.75) is 24.4 Å². The molecule has 0 spiro atoms. The number of ether oxygens (including phenoxy) is 1. The van der Waals surface area contributed by atoms with Gasteiger partial charge in [-0.1, -0.05) is 30.3 Å². The predicted molar refractivity (Wildman–Crippen MR) is 73.1 cm³/mol. The molecule has 3 nitrogen and oxygen atoms in total. The smallest absolute Gasteiger partial charge is 0.143 e. The molecule has 1 fully saturated rings. The van der Waals surface area contributed by atoms with E-state index in [0.717, 1.165) is 12.8 Å². The van der Waals surface area contributed by atoms with Crippen LogP contribution in [0.1, 0.15) is 30.2 Å². The maximum atomic E-state index is 10.7. The summed E-state index contributed by atoms with van der Waals surface area (Å²) >= 11 is 0. The van der Waals surface area contributed by atoms with Gasteiger partial charge in [0.1, 0.15) is 17.5 Å². The molecule has 0 saturated heterocycles. The second-order valence-electron chi connectivity index (χ2n) is 5.02. The minimum atomic E-state index is -0.619. The Bertz CT molecular complexity index is 564. The summed E-state index contributed by atoms with van der Waals surface area (Å²) in [6.07, 6.45) is 3.05. The largest absolute Gasteiger partial charge is 0.495 e. The molecule has 1 aromatic heterocycles. The Morgan fingerprint density at radius 2 is 1.89 bits per heavy atom. The molecule has 1 aliphatic carbocycles. The fourth-order valence-corrected chi connectivity index (χ4v) is 2.67. The first-order valence-electron chi connectivity index (χ1n) is 6.50. The predicted octanol–water partition coefficient (Wildman–Crippen LogP) is 2.86. The molecule has 1 N–H and O–H groups in total. The number of aliphatic hydroxyl groups excluding tert-OH is 1. The topological polar surface area (TPSA) is 42.4 Å². The van der Waals surface area contributed by atoms with Crippen LogP contribution in [0.25, 0.3) is 0 Å². The van der Waals surface area contributed by atoms with Crippen molar-refractivity contribution in [3.05, 3.63) is 59.9 Å². The van der Waals surface area contributed by atoms with E-state index in [4.69, 9.17) is 4.74 Å². The van der Waals surface area contributed by atoms with Gasteiger partial charge >= 0.3 is 0 Å². The number of pyridine rings is 1. The number of nitrogens with zero attached hydrogens (tertiary/aromatic N) is 1. The van der Waals surface area contributed by atoms with Gasteiger partial charge in [0.05, 0.1) is 7.11 Å². The van der Waals surface area contributed by atoms with Crippen LogP contribution in [0.5, 0.6) is 5.75 Å². The third-order valence-electron chi connectivity index (χ3n) is 3.94. The highest BCUT2D eigenvalue weighted by molar-refractivity contribution is 5.39. The van der Waals surface area contributed by atoms with E-state index < -0.39 is 6.10 Å². The molecule has 0 bridgehead atoms. The van der Waals surface area contributed by atoms with E-state index >= 15 is 0 Å². The molecule has 0 radical (unpaired) electrons. The molecular formula is C16H17NO2. The van der Waals surface area contributed by atoms with E-state index in [2.05, 4.69) is 17.1 Å². The van der Waals surface area contributed by atoms with Crippen molar-refractivity contribution in [1.82, 2.24) is 4.98 Å². The van der Waals surface area contributed by atoms with Gasteiger partial charge in [-0.05, 0) is 30.5 Å². The van der Waals surface area contributed by atoms with Gasteiger partial charge in [-0.3, -0.25) is 4.98 Å². The zero-order valence-corrected chi connectivity index (χ0v) is 10.9. The van der Waals surface area contributed by atoms with E-state index in [0.29, 0.717) is 11.4 Å². The van der Waals surface area contributed by atoms with Gasteiger partial charge in [-0.15, -0.1) is 0 Å². The van der Waals surface area contributed by atoms with E-state index in [-0.39, 0.29) is 5.41 Å². The first-order valence-corrected chi connectivity index (χ1v) is 6.50. The molecule has 3 rings (SSSR count). The van der Waals surface area contributed by atoms with Crippen LogP contribution in [0.2, 0.25) is 0 Å². The van der Waals surface area contributed by atoms with Gasteiger partial charge < -0.3 is 9.84 Å². The molecule has 1 heterocycles. The summed E-state index contributed by atoms with van der Waals surface area (Å²) in [4.78, 5) is 4.31. The standard InChI is InChI=1S/C16H17NO2/c1-19-13-8-5-11-17-14(13)15(18)16(9-10-16)12-6-3-2-4-7-12/h2-8,11,15,18H,9-10H2,1H3. The summed E-state index contributed by atoms with van der Waals surface area (Å²) in [5.74, 6) is 0.650. The average molecular weight is 255 g/mol. The summed E-state index contributed by atoms with van der Waals surface area (Å²) in [7, 11) is 1.61. The normalized spacial score (nSPS) is 17.8. The van der Waals surface area contributed by atoms with Gasteiger partial charge in [0.2, 0.25) is 0 Å². The van der Waals surface area contributed by atoms with Crippen molar-refractivity contribution in [2.75, 3.05) is 7.11 Å². The second kappa shape index (κ2) is 4.67. The molecule has 1 unspecified atom stereocenters. The Hall–Kier alpha value is -1.87. The molecule has 3 heteroatoms. The zero-order valence-electron chi connectivity index (χ0n) is 10.9. The molecule has 98 valence electrons. The van der Waals surface area contributed by atoms with Crippen molar-refractivity contribution < 1.29 is 9.84 Å². The van der Waals surface area contributed by atoms with Gasteiger partial charge in [0, 0.05) is 11.6 Å². The molecule has 2 aromatic rings. The number of methoxy groups -OCH3 is 1. The number of rotatable bonds is 4. The van der Waals surface area contributed by atoms with Crippen molar-refractivity contribution in [3.63, 3.8) is 0 Å². The van der Waals surface area contributed by atoms with Crippen LogP contribution in [0.4, 0.5) is 0 Å². The molecule has 0 aliphatic heterocycles. The Morgan fingerprint density at radius 1 is 1.16 bits per heavy atom. The highest BCUT2D eigenvalue weighted by atomic mass is 16.5. The SMILES string of the molecule is COc1cccnc1C(O)C1(c2ccccc2)CC1. The van der Waals surface area contributed by atoms with Gasteiger partial charge in [0.15, 0.2) is 0 Å². The zero-order chi connectivity index (χ0) is 13.3. The van der Waals surface area contributed by atoms with E-state index in [1.54, 1.807) is 13.3 Å². The quantitative estimate of drug-likeness (QED) is 0.913. The first kappa shape index (κ1) is 12.2. The van der Waals surface area contributed by atoms with Crippen LogP contribution < -0.4 is 4.74 Å². The number of hydrogen-bond acceptors (Lipinski definition) is 3. The van der Waals surface area contributed by atoms with Crippen LogP contribution >= 0.6 is 0 Å². The minimum absolute atomic E-state index is 0.192. The second-order valence-corrected chi connectivity index (χ2v) is 5.02. The van der Waals surface area contributed by atoms with E-state index in [1.807, 2.05) is 30.3 Å². The molecule has 1 saturated carbocycles. The van der Waals surface area contributed by atoms with Crippen LogP contribution in [0.15, 0.2) is 48.7 Å². The summed E-state index contributed by atoms with van der Waals surface area (Å²) in [5, 5.41) is 10.7. The van der Waals surface area contributed by atoms with Crippen molar-refractivity contribution in [3.8, 4) is 5.75 Å². The summed E-state index contributed by atoms with van der Waals surface area (Å²) in [6.45, 7) is 0. The Morgan fingerprint density at radius 3 is 2.53 bits per heavy atom. The molecule has 1 atom stereocenters. The molecular weight excluding hydrogens is 238 g/mol. The third-order valence-corrected chi connectivity index (χ3v) is 3.94. The molecule has 19 heavy (non-hydrogen) atoms. The van der Waals surface area contributed by atoms with Gasteiger partial charge in [-0.25, -0.2) is 0 Å². The van der Waals surface area contributed by atoms with Crippen molar-refractivity contribution >= 4 is 0 Å². The molecule has 1 aliphatic rings. The number of aromatic nitrogens is 1. The van der Waals surface area contributed by atoms with Crippen molar-refractivity contribution in [1.29, 1.82) is 0 Å². The van der Waals surface area contributed by atoms with E-state index in [9.17, 15) is 5.11 Å². The summed E-state index contributed by atoms with van der Waals surface area (Å²) in [6, 6.07) is 13.8. The summed E-state index contributed by atoms with van der Waals surface area (Å²) in [5.41, 5.74) is 1.62. The first-order chi connectivity index (χ1) is 9.28. The number of benzene rings is 1. The number of aliphatic hydroxyl groups is 1. The number of hydrogen-bond donors (Lipinski definition) is 1. The monoisotopic (exact) mass is 255 g/mol. The fourth-order valence-electron chi connectivity index (χ4n) is 2.67. The summed E-state index contributed by atoms with van der Waals surface area (Å²) < 4.78 is 5.30. The van der Waals surface area contributed by atoms with Crippen LogP contribution in [0, 0.1) is 0 Å². The lowest BCUT2D eigenvalue weighted by molar-refractivity contribution is 0.125. The maximum Gasteiger partial charge on any atom is 0.143 e. The Labute approximate surface area is 112 Å². The maximum absolute atomic E-state index is 10.7.